The summed E-state index contributed by atoms with van der Waals surface area (Å²) in [5.74, 6) is 0.386. The molecule has 0 unspecified atom stereocenters. The Morgan fingerprint density at radius 2 is 2.14 bits per heavy atom. The van der Waals surface area contributed by atoms with Gasteiger partial charge in [0.1, 0.15) is 5.52 Å². The van der Waals surface area contributed by atoms with E-state index in [1.165, 1.54) is 0 Å². The number of fused-ring (bicyclic) bond motifs is 1. The first kappa shape index (κ1) is 15.2. The molecule has 0 saturated carbocycles. The molecule has 2 N–H and O–H groups in total. The minimum absolute atomic E-state index is 0.386. The van der Waals surface area contributed by atoms with Crippen molar-refractivity contribution in [3.05, 3.63) is 41.0 Å². The Morgan fingerprint density at radius 3 is 2.76 bits per heavy atom. The van der Waals surface area contributed by atoms with Gasteiger partial charge in [0.25, 0.3) is 0 Å². The minimum Gasteiger partial charge on any atom is -0.382 e. The number of allylic oxidation sites excluding steroid dienone is 1. The molecule has 0 radical (unpaired) electrons. The second kappa shape index (κ2) is 5.66. The van der Waals surface area contributed by atoms with E-state index in [0.29, 0.717) is 23.3 Å². The van der Waals surface area contributed by atoms with Gasteiger partial charge in [0.15, 0.2) is 5.82 Å². The SMILES string of the molecule is C=C/C=c1\c(=C)nc(N)c2ncc(C(C)(C)OCC)cc12. The van der Waals surface area contributed by atoms with Crippen LogP contribution in [0.15, 0.2) is 24.9 Å². The summed E-state index contributed by atoms with van der Waals surface area (Å²) >= 11 is 0. The molecule has 4 nitrogen and oxygen atoms in total. The van der Waals surface area contributed by atoms with E-state index >= 15 is 0 Å². The lowest BCUT2D eigenvalue weighted by atomic mass is 9.98. The van der Waals surface area contributed by atoms with Crippen LogP contribution in [0.2, 0.25) is 0 Å². The maximum atomic E-state index is 5.96. The Morgan fingerprint density at radius 1 is 1.43 bits per heavy atom. The van der Waals surface area contributed by atoms with Crippen molar-refractivity contribution in [3.63, 3.8) is 0 Å². The Bertz CT molecular complexity index is 794. The van der Waals surface area contributed by atoms with Crippen LogP contribution in [-0.2, 0) is 10.3 Å². The fraction of sp³-hybridized carbons (Fsp3) is 0.294. The van der Waals surface area contributed by atoms with Crippen molar-refractivity contribution in [2.45, 2.75) is 26.4 Å². The van der Waals surface area contributed by atoms with Gasteiger partial charge in [-0.25, -0.2) is 4.98 Å². The molecule has 0 aliphatic heterocycles. The highest BCUT2D eigenvalue weighted by Gasteiger charge is 2.21. The van der Waals surface area contributed by atoms with Crippen molar-refractivity contribution in [3.8, 4) is 0 Å². The monoisotopic (exact) mass is 283 g/mol. The molecule has 0 aliphatic rings. The van der Waals surface area contributed by atoms with Crippen molar-refractivity contribution in [2.75, 3.05) is 12.3 Å². The number of nitrogen functional groups attached to an aromatic ring is 1. The summed E-state index contributed by atoms with van der Waals surface area (Å²) in [4.78, 5) is 8.71. The first-order valence-electron chi connectivity index (χ1n) is 6.92. The molecule has 110 valence electrons. The molecule has 2 aromatic heterocycles. The lowest BCUT2D eigenvalue weighted by molar-refractivity contribution is -0.0141. The number of ether oxygens (including phenoxy) is 1. The Kier molecular flexibility index (Phi) is 4.09. The molecule has 0 atom stereocenters. The van der Waals surface area contributed by atoms with Crippen LogP contribution in [-0.4, -0.2) is 16.6 Å². The quantitative estimate of drug-likeness (QED) is 0.930. The van der Waals surface area contributed by atoms with Gasteiger partial charge in [0.2, 0.25) is 0 Å². The average Bonchev–Trinajstić information content (AvgIpc) is 2.42. The number of nitrogens with two attached hydrogens (primary N) is 1. The summed E-state index contributed by atoms with van der Waals surface area (Å²) in [5.41, 5.74) is 7.20. The molecule has 21 heavy (non-hydrogen) atoms. The summed E-state index contributed by atoms with van der Waals surface area (Å²) in [5, 5.41) is 2.42. The second-order valence-corrected chi connectivity index (χ2v) is 5.32. The average molecular weight is 283 g/mol. The van der Waals surface area contributed by atoms with E-state index < -0.39 is 5.60 Å². The third-order valence-corrected chi connectivity index (χ3v) is 3.47. The number of aromatic nitrogens is 2. The van der Waals surface area contributed by atoms with Crippen molar-refractivity contribution in [1.82, 2.24) is 9.97 Å². The van der Waals surface area contributed by atoms with Gasteiger partial charge in [-0.1, -0.05) is 25.3 Å². The van der Waals surface area contributed by atoms with E-state index in [1.807, 2.05) is 32.9 Å². The highest BCUT2D eigenvalue weighted by Crippen LogP contribution is 2.26. The summed E-state index contributed by atoms with van der Waals surface area (Å²) in [6.45, 7) is 14.3. The van der Waals surface area contributed by atoms with Crippen molar-refractivity contribution in [2.24, 2.45) is 0 Å². The molecule has 0 aliphatic carbocycles. The molecule has 0 aromatic carbocycles. The van der Waals surface area contributed by atoms with Crippen LogP contribution in [0, 0.1) is 0 Å². The predicted molar refractivity (Wildman–Crippen MR) is 88.0 cm³/mol. The molecule has 0 fully saturated rings. The highest BCUT2D eigenvalue weighted by molar-refractivity contribution is 5.88. The topological polar surface area (TPSA) is 61.0 Å². The molecule has 4 heteroatoms. The number of hydrogen-bond donors (Lipinski definition) is 1. The maximum absolute atomic E-state index is 5.96. The minimum atomic E-state index is -0.416. The van der Waals surface area contributed by atoms with Gasteiger partial charge in [0.05, 0.1) is 11.0 Å². The molecular formula is C17H21N3O. The van der Waals surface area contributed by atoms with E-state index in [0.717, 1.165) is 16.2 Å². The van der Waals surface area contributed by atoms with Gasteiger partial charge in [0, 0.05) is 29.0 Å². The second-order valence-electron chi connectivity index (χ2n) is 5.32. The zero-order valence-electron chi connectivity index (χ0n) is 12.8. The molecule has 2 heterocycles. The highest BCUT2D eigenvalue weighted by atomic mass is 16.5. The molecule has 0 saturated heterocycles. The predicted octanol–water partition coefficient (Wildman–Crippen LogP) is 1.86. The molecule has 2 rings (SSSR count). The van der Waals surface area contributed by atoms with E-state index in [4.69, 9.17) is 10.5 Å². The first-order valence-corrected chi connectivity index (χ1v) is 6.92. The van der Waals surface area contributed by atoms with E-state index in [-0.39, 0.29) is 0 Å². The number of rotatable bonds is 4. The van der Waals surface area contributed by atoms with Gasteiger partial charge >= 0.3 is 0 Å². The maximum Gasteiger partial charge on any atom is 0.150 e. The molecule has 0 spiro atoms. The number of hydrogen-bond acceptors (Lipinski definition) is 4. The normalized spacial score (nSPS) is 12.8. The standard InChI is InChI=1S/C17H21N3O/c1-6-8-13-11(3)20-16(18)15-14(13)9-12(10-19-15)17(4,5)21-7-2/h6,8-10H,1,3,7H2,2,4-5H3,(H2,18,20)/b13-8+. The molecule has 0 bridgehead atoms. The van der Waals surface area contributed by atoms with Gasteiger partial charge in [-0.2, -0.15) is 0 Å². The largest absolute Gasteiger partial charge is 0.382 e. The van der Waals surface area contributed by atoms with Crippen molar-refractivity contribution >= 4 is 29.4 Å². The van der Waals surface area contributed by atoms with Gasteiger partial charge in [-0.3, -0.25) is 4.98 Å². The zero-order chi connectivity index (χ0) is 15.6. The van der Waals surface area contributed by atoms with Crippen LogP contribution in [0.5, 0.6) is 0 Å². The van der Waals surface area contributed by atoms with Crippen LogP contribution < -0.4 is 16.3 Å². The van der Waals surface area contributed by atoms with Crippen LogP contribution >= 0.6 is 0 Å². The molecular weight excluding hydrogens is 262 g/mol. The lowest BCUT2D eigenvalue weighted by Gasteiger charge is -2.25. The summed E-state index contributed by atoms with van der Waals surface area (Å²) in [7, 11) is 0. The Labute approximate surface area is 124 Å². The third-order valence-electron chi connectivity index (χ3n) is 3.47. The Balaban J connectivity index is 2.84. The van der Waals surface area contributed by atoms with Crippen LogP contribution in [0.4, 0.5) is 5.82 Å². The van der Waals surface area contributed by atoms with Crippen LogP contribution in [0.1, 0.15) is 26.3 Å². The fourth-order valence-corrected chi connectivity index (χ4v) is 2.37. The van der Waals surface area contributed by atoms with Gasteiger partial charge in [-0.15, -0.1) is 0 Å². The van der Waals surface area contributed by atoms with Crippen LogP contribution in [0.3, 0.4) is 0 Å². The fourth-order valence-electron chi connectivity index (χ4n) is 2.37. The molecule has 0 amide bonds. The summed E-state index contributed by atoms with van der Waals surface area (Å²) in [6, 6.07) is 2.04. The number of pyridine rings is 2. The van der Waals surface area contributed by atoms with Crippen molar-refractivity contribution in [1.29, 1.82) is 0 Å². The first-order chi connectivity index (χ1) is 9.90. The van der Waals surface area contributed by atoms with E-state index in [9.17, 15) is 0 Å². The van der Waals surface area contributed by atoms with Crippen molar-refractivity contribution < 1.29 is 4.74 Å². The third kappa shape index (κ3) is 2.81. The molecule has 2 aromatic rings. The van der Waals surface area contributed by atoms with Crippen LogP contribution in [0.25, 0.3) is 23.6 Å². The summed E-state index contributed by atoms with van der Waals surface area (Å²) < 4.78 is 5.79. The van der Waals surface area contributed by atoms with Gasteiger partial charge < -0.3 is 10.5 Å². The zero-order valence-corrected chi connectivity index (χ0v) is 12.8. The number of nitrogens with zero attached hydrogens (tertiary/aromatic N) is 2. The Hall–Kier alpha value is -2.20. The van der Waals surface area contributed by atoms with E-state index in [2.05, 4.69) is 23.1 Å². The number of anilines is 1. The summed E-state index contributed by atoms with van der Waals surface area (Å²) in [6.07, 6.45) is 5.37. The van der Waals surface area contributed by atoms with E-state index in [1.54, 1.807) is 12.3 Å². The lowest BCUT2D eigenvalue weighted by Crippen LogP contribution is -2.29. The van der Waals surface area contributed by atoms with Gasteiger partial charge in [-0.05, 0) is 26.8 Å². The smallest absolute Gasteiger partial charge is 0.150 e.